The second-order valence-corrected chi connectivity index (χ2v) is 13.3. The van der Waals surface area contributed by atoms with Crippen molar-refractivity contribution in [1.29, 1.82) is 0 Å². The lowest BCUT2D eigenvalue weighted by Gasteiger charge is -2.26. The first-order valence-electron chi connectivity index (χ1n) is 7.09. The summed E-state index contributed by atoms with van der Waals surface area (Å²) in [7, 11) is -5.22. The highest BCUT2D eigenvalue weighted by molar-refractivity contribution is 7.81. The molecule has 0 amide bonds. The standard InChI is InChI=1S/C17H30O2P2/c1-14(2)9-20(18,10-15(3)4)13-21(19,11-16(5)6)12-17(7)8/h1,3,5,7,9-13H2,2,4,6,8H3. The molecular weight excluding hydrogens is 298 g/mol. The van der Waals surface area contributed by atoms with Crippen molar-refractivity contribution in [1.82, 2.24) is 0 Å². The van der Waals surface area contributed by atoms with Gasteiger partial charge in [0.2, 0.25) is 0 Å². The number of allylic oxidation sites excluding steroid dienone is 4. The van der Waals surface area contributed by atoms with Gasteiger partial charge in [-0.1, -0.05) is 48.6 Å². The van der Waals surface area contributed by atoms with Gasteiger partial charge in [0.15, 0.2) is 0 Å². The second kappa shape index (κ2) is 8.16. The van der Waals surface area contributed by atoms with Crippen LogP contribution in [0.1, 0.15) is 27.7 Å². The zero-order valence-electron chi connectivity index (χ0n) is 14.1. The van der Waals surface area contributed by atoms with Crippen molar-refractivity contribution in [3.05, 3.63) is 48.6 Å². The Kier molecular flexibility index (Phi) is 7.93. The lowest BCUT2D eigenvalue weighted by Crippen LogP contribution is -2.08. The Morgan fingerprint density at radius 3 is 0.952 bits per heavy atom. The molecule has 0 heterocycles. The normalized spacial score (nSPS) is 12.0. The van der Waals surface area contributed by atoms with E-state index in [2.05, 4.69) is 26.3 Å². The molecule has 0 bridgehead atoms. The summed E-state index contributed by atoms with van der Waals surface area (Å²) >= 11 is 0. The maximum Gasteiger partial charge on any atom is 0.102 e. The van der Waals surface area contributed by atoms with Crippen LogP contribution < -0.4 is 0 Å². The third-order valence-electron chi connectivity index (χ3n) is 2.75. The van der Waals surface area contributed by atoms with Crippen molar-refractivity contribution in [2.75, 3.05) is 30.6 Å². The molecule has 0 aliphatic carbocycles. The lowest BCUT2D eigenvalue weighted by molar-refractivity contribution is 0.571. The van der Waals surface area contributed by atoms with Crippen LogP contribution in [-0.4, -0.2) is 30.6 Å². The largest absolute Gasteiger partial charge is 0.322 e. The Bertz CT molecular complexity index is 453. The molecule has 120 valence electrons. The summed E-state index contributed by atoms with van der Waals surface area (Å²) in [6.45, 7) is 23.0. The molecule has 0 aliphatic heterocycles. The minimum atomic E-state index is -2.61. The molecule has 0 aromatic carbocycles. The smallest absolute Gasteiger partial charge is 0.102 e. The summed E-state index contributed by atoms with van der Waals surface area (Å²) in [6, 6.07) is 0. The number of hydrogen-bond donors (Lipinski definition) is 0. The van der Waals surface area contributed by atoms with E-state index >= 15 is 0 Å². The molecule has 0 N–H and O–H groups in total. The molecule has 0 aliphatic rings. The predicted molar refractivity (Wildman–Crippen MR) is 98.8 cm³/mol. The van der Waals surface area contributed by atoms with Gasteiger partial charge < -0.3 is 9.13 Å². The van der Waals surface area contributed by atoms with Gasteiger partial charge in [0.25, 0.3) is 0 Å². The van der Waals surface area contributed by atoms with E-state index in [-0.39, 0.29) is 5.90 Å². The molecule has 0 atom stereocenters. The van der Waals surface area contributed by atoms with Crippen molar-refractivity contribution in [3.63, 3.8) is 0 Å². The van der Waals surface area contributed by atoms with Crippen LogP contribution in [0, 0.1) is 0 Å². The maximum atomic E-state index is 13.3. The van der Waals surface area contributed by atoms with Crippen LogP contribution in [0.15, 0.2) is 48.6 Å². The van der Waals surface area contributed by atoms with E-state index in [4.69, 9.17) is 0 Å². The summed E-state index contributed by atoms with van der Waals surface area (Å²) in [5.74, 6) is 0.263. The molecule has 4 heteroatoms. The molecule has 0 rings (SSSR count). The summed E-state index contributed by atoms with van der Waals surface area (Å²) in [6.07, 6.45) is 1.76. The molecule has 0 unspecified atom stereocenters. The van der Waals surface area contributed by atoms with E-state index in [9.17, 15) is 9.13 Å². The molecule has 21 heavy (non-hydrogen) atoms. The Balaban J connectivity index is 5.48. The van der Waals surface area contributed by atoms with Crippen molar-refractivity contribution in [2.45, 2.75) is 27.7 Å². The minimum Gasteiger partial charge on any atom is -0.322 e. The topological polar surface area (TPSA) is 34.1 Å². The lowest BCUT2D eigenvalue weighted by atomic mass is 10.4. The van der Waals surface area contributed by atoms with E-state index in [1.165, 1.54) is 0 Å². The van der Waals surface area contributed by atoms with Gasteiger partial charge in [0.1, 0.15) is 14.3 Å². The first kappa shape index (κ1) is 20.4. The highest BCUT2D eigenvalue weighted by Crippen LogP contribution is 2.63. The van der Waals surface area contributed by atoms with Gasteiger partial charge in [-0.05, 0) is 27.7 Å². The molecule has 0 fully saturated rings. The van der Waals surface area contributed by atoms with Gasteiger partial charge in [-0.25, -0.2) is 0 Å². The van der Waals surface area contributed by atoms with E-state index in [1.54, 1.807) is 0 Å². The second-order valence-electron chi connectivity index (χ2n) is 6.72. The highest BCUT2D eigenvalue weighted by atomic mass is 31.2. The van der Waals surface area contributed by atoms with Gasteiger partial charge in [-0.2, -0.15) is 0 Å². The van der Waals surface area contributed by atoms with Gasteiger partial charge in [0, 0.05) is 24.6 Å². The van der Waals surface area contributed by atoms with Crippen LogP contribution in [0.3, 0.4) is 0 Å². The molecule has 0 radical (unpaired) electrons. The molecule has 0 saturated heterocycles. The summed E-state index contributed by atoms with van der Waals surface area (Å²) in [5.41, 5.74) is 3.49. The molecule has 0 aromatic rings. The van der Waals surface area contributed by atoms with E-state index in [0.717, 1.165) is 22.3 Å². The average molecular weight is 328 g/mol. The summed E-state index contributed by atoms with van der Waals surface area (Å²) in [4.78, 5) is 0. The Labute approximate surface area is 130 Å². The third kappa shape index (κ3) is 9.12. The van der Waals surface area contributed by atoms with Crippen LogP contribution in [0.5, 0.6) is 0 Å². The molecule has 0 spiro atoms. The summed E-state index contributed by atoms with van der Waals surface area (Å²) < 4.78 is 26.5. The fourth-order valence-corrected chi connectivity index (χ4v) is 12.3. The zero-order valence-corrected chi connectivity index (χ0v) is 15.9. The third-order valence-corrected chi connectivity index (χ3v) is 11.3. The van der Waals surface area contributed by atoms with E-state index in [1.807, 2.05) is 27.7 Å². The fourth-order valence-electron chi connectivity index (χ4n) is 2.75. The van der Waals surface area contributed by atoms with E-state index < -0.39 is 14.3 Å². The monoisotopic (exact) mass is 328 g/mol. The first-order chi connectivity index (χ1) is 9.37. The highest BCUT2D eigenvalue weighted by Gasteiger charge is 2.33. The Hall–Kier alpha value is -0.580. The average Bonchev–Trinajstić information content (AvgIpc) is 2.07. The quantitative estimate of drug-likeness (QED) is 0.365. The van der Waals surface area contributed by atoms with Crippen molar-refractivity contribution < 1.29 is 9.13 Å². The van der Waals surface area contributed by atoms with Crippen LogP contribution in [-0.2, 0) is 9.13 Å². The number of hydrogen-bond acceptors (Lipinski definition) is 2. The number of rotatable bonds is 10. The van der Waals surface area contributed by atoms with Crippen molar-refractivity contribution in [2.24, 2.45) is 0 Å². The SMILES string of the molecule is C=C(C)CP(=O)(CC(=C)C)CP(=O)(CC(=C)C)CC(=C)C. The predicted octanol–water partition coefficient (Wildman–Crippen LogP) is 5.97. The Morgan fingerprint density at radius 1 is 0.619 bits per heavy atom. The van der Waals surface area contributed by atoms with Gasteiger partial charge >= 0.3 is 0 Å². The van der Waals surface area contributed by atoms with Crippen LogP contribution >= 0.6 is 14.3 Å². The van der Waals surface area contributed by atoms with Gasteiger partial charge in [-0.3, -0.25) is 0 Å². The molecule has 0 aromatic heterocycles. The van der Waals surface area contributed by atoms with Crippen LogP contribution in [0.4, 0.5) is 0 Å². The van der Waals surface area contributed by atoms with Crippen molar-refractivity contribution >= 4 is 14.3 Å². The van der Waals surface area contributed by atoms with Gasteiger partial charge in [-0.15, -0.1) is 0 Å². The molecule has 0 saturated carbocycles. The molecule has 2 nitrogen and oxygen atoms in total. The maximum absolute atomic E-state index is 13.3. The molecular formula is C17H30O2P2. The minimum absolute atomic E-state index is 0.263. The van der Waals surface area contributed by atoms with Crippen molar-refractivity contribution in [3.8, 4) is 0 Å². The van der Waals surface area contributed by atoms with Crippen LogP contribution in [0.2, 0.25) is 0 Å². The first-order valence-corrected chi connectivity index (χ1v) is 11.6. The van der Waals surface area contributed by atoms with E-state index in [0.29, 0.717) is 24.6 Å². The summed E-state index contributed by atoms with van der Waals surface area (Å²) in [5, 5.41) is 0. The zero-order chi connectivity index (χ0) is 16.8. The Morgan fingerprint density at radius 2 is 0.810 bits per heavy atom. The van der Waals surface area contributed by atoms with Crippen LogP contribution in [0.25, 0.3) is 0 Å². The fraction of sp³-hybridized carbons (Fsp3) is 0.529. The van der Waals surface area contributed by atoms with Gasteiger partial charge in [0.05, 0.1) is 5.90 Å².